The number of aromatic carboxylic acids is 1. The van der Waals surface area contributed by atoms with E-state index in [1.165, 1.54) is 18.2 Å². The van der Waals surface area contributed by atoms with Gasteiger partial charge in [0, 0.05) is 63.7 Å². The Bertz CT molecular complexity index is 3410. The smallest absolute Gasteiger partial charge is 0.251 e. The van der Waals surface area contributed by atoms with Crippen molar-refractivity contribution in [3.63, 3.8) is 0 Å². The maximum atomic E-state index is 14.2. The lowest BCUT2D eigenvalue weighted by Gasteiger charge is -2.41. The minimum atomic E-state index is -2.49. The van der Waals surface area contributed by atoms with E-state index in [9.17, 15) is 33.1 Å². The van der Waals surface area contributed by atoms with Gasteiger partial charge in [0.2, 0.25) is 18.0 Å². The molecule has 3 aromatic carbocycles. The van der Waals surface area contributed by atoms with Crippen LogP contribution in [-0.2, 0) is 9.59 Å². The van der Waals surface area contributed by atoms with Crippen molar-refractivity contribution in [1.29, 1.82) is 0 Å². The summed E-state index contributed by atoms with van der Waals surface area (Å²) in [4.78, 5) is 61.4. The zero-order valence-electron chi connectivity index (χ0n) is 44.3. The molecule has 0 unspecified atom stereocenters. The molecule has 0 spiro atoms. The van der Waals surface area contributed by atoms with E-state index in [-0.39, 0.29) is 23.3 Å². The number of fused-ring (bicyclic) bond motifs is 5. The van der Waals surface area contributed by atoms with Crippen LogP contribution >= 0.6 is 11.3 Å². The van der Waals surface area contributed by atoms with E-state index < -0.39 is 38.3 Å². The predicted octanol–water partition coefficient (Wildman–Crippen LogP) is 7.50. The van der Waals surface area contributed by atoms with Gasteiger partial charge in [0.15, 0.2) is 24.6 Å². The number of unbranched alkanes of at least 4 members (excludes halogenated alkanes) is 3. The average molecular weight is 1080 g/mol. The van der Waals surface area contributed by atoms with E-state index in [0.717, 1.165) is 84.5 Å². The minimum absolute atomic E-state index is 0.0438. The molecule has 398 valence electrons. The van der Waals surface area contributed by atoms with Crippen LogP contribution in [0.1, 0.15) is 110 Å². The Morgan fingerprint density at radius 2 is 1.64 bits per heavy atom. The first-order chi connectivity index (χ1) is 37.0. The SMILES string of the molecule is C=CC(=O)Nc1ccc(C2=N[C@@H]([C@@H](CC)C(=O)NCCCCCCNC(=O)c3ccc(C(=O)[O-])c(C4=C5C=CC(=[N+]6CC(F)C6)C=C5[Si](C)(C)c5cc(N6CC(F)C6)ccc54)c3)c3nnc(C)n3-c3sc(C)c(C)c32)cc1. The molecule has 1 aliphatic carbocycles. The summed E-state index contributed by atoms with van der Waals surface area (Å²) in [6.45, 7) is 18.2. The fourth-order valence-electron chi connectivity index (χ4n) is 11.2. The standard InChI is InChI=1S/C59H63F2N9O5SSi/c1-8-43(54-55-67-66-35(5)70(55)58-51(33(3)34(4)76-58)53(65-54)36-14-17-40(18-15-36)64-50(71)9-2)57(73)63-25-13-11-10-12-24-62-56(72)37-16-21-44(59(74)75)47(26-37)52-45-22-19-41(68-29-38(60)30-68)27-48(45)77(6,7)49-28-42(20-23-46(49)52)69-31-39(61)32-69/h9,14-23,26-28,38-39,43,54H,2,8,10-13,24-25,29-32H2,1,3-7H3,(H3-,62,63,64,65,71,72,73,74,75)/t43-,54+/m1/s1. The number of carboxylic acid groups (broad SMARTS) is 1. The maximum Gasteiger partial charge on any atom is 0.251 e. The third-order valence-corrected chi connectivity index (χ3v) is 20.4. The third-order valence-electron chi connectivity index (χ3n) is 15.7. The summed E-state index contributed by atoms with van der Waals surface area (Å²) in [5.41, 5.74) is 9.08. The molecule has 2 atom stereocenters. The number of nitrogens with one attached hydrogen (secondary N) is 3. The molecule has 2 aromatic heterocycles. The Balaban J connectivity index is 0.803. The van der Waals surface area contributed by atoms with Crippen molar-refractivity contribution in [2.24, 2.45) is 10.9 Å². The summed E-state index contributed by atoms with van der Waals surface area (Å²) in [5.74, 6) is -1.39. The van der Waals surface area contributed by atoms with Gasteiger partial charge in [-0.2, -0.15) is 0 Å². The molecular formula is C59H63F2N9O5SSi. The molecule has 2 fully saturated rings. The van der Waals surface area contributed by atoms with Crippen molar-refractivity contribution in [3.05, 3.63) is 158 Å². The second-order valence-electron chi connectivity index (χ2n) is 21.1. The van der Waals surface area contributed by atoms with Crippen LogP contribution in [0.15, 0.2) is 107 Å². The first-order valence-electron chi connectivity index (χ1n) is 26.5. The van der Waals surface area contributed by atoms with Crippen molar-refractivity contribution < 1.29 is 37.6 Å². The zero-order valence-corrected chi connectivity index (χ0v) is 46.1. The zero-order chi connectivity index (χ0) is 54.4. The maximum absolute atomic E-state index is 14.2. The van der Waals surface area contributed by atoms with Crippen LogP contribution in [0.25, 0.3) is 10.6 Å². The summed E-state index contributed by atoms with van der Waals surface area (Å²) < 4.78 is 32.2. The second kappa shape index (κ2) is 21.5. The van der Waals surface area contributed by atoms with Crippen LogP contribution in [0.5, 0.6) is 0 Å². The van der Waals surface area contributed by atoms with Gasteiger partial charge in [0.1, 0.15) is 31.1 Å². The van der Waals surface area contributed by atoms with Crippen LogP contribution in [0.2, 0.25) is 13.1 Å². The first kappa shape index (κ1) is 53.0. The molecular weight excluding hydrogens is 1010 g/mol. The van der Waals surface area contributed by atoms with E-state index in [2.05, 4.69) is 71.8 Å². The van der Waals surface area contributed by atoms with E-state index in [0.29, 0.717) is 86.1 Å². The molecule has 0 radical (unpaired) electrons. The van der Waals surface area contributed by atoms with Crippen molar-refractivity contribution in [2.45, 2.75) is 91.3 Å². The Morgan fingerprint density at radius 1 is 0.909 bits per heavy atom. The van der Waals surface area contributed by atoms with E-state index in [4.69, 9.17) is 4.99 Å². The van der Waals surface area contributed by atoms with Crippen LogP contribution in [0.4, 0.5) is 20.2 Å². The highest BCUT2D eigenvalue weighted by Gasteiger charge is 2.43. The van der Waals surface area contributed by atoms with Crippen molar-refractivity contribution in [1.82, 2.24) is 25.4 Å². The van der Waals surface area contributed by atoms with Gasteiger partial charge >= 0.3 is 0 Å². The van der Waals surface area contributed by atoms with Gasteiger partial charge < -0.3 is 30.8 Å². The Labute approximate surface area is 452 Å². The number of alkyl halides is 2. The van der Waals surface area contributed by atoms with Crippen LogP contribution in [0, 0.1) is 26.7 Å². The van der Waals surface area contributed by atoms with Crippen LogP contribution in [-0.4, -0.2) is 114 Å². The number of rotatable bonds is 17. The highest BCUT2D eigenvalue weighted by molar-refractivity contribution is 7.15. The largest absolute Gasteiger partial charge is 0.545 e. The molecule has 77 heavy (non-hydrogen) atoms. The molecule has 14 nitrogen and oxygen atoms in total. The number of anilines is 2. The molecule has 0 saturated carbocycles. The van der Waals surface area contributed by atoms with Gasteiger partial charge in [-0.15, -0.1) is 21.5 Å². The summed E-state index contributed by atoms with van der Waals surface area (Å²) in [5, 5.41) is 34.1. The fourth-order valence-corrected chi connectivity index (χ4v) is 15.5. The Kier molecular flexibility index (Phi) is 14.8. The number of allylic oxidation sites excluding steroid dienone is 5. The lowest BCUT2D eigenvalue weighted by atomic mass is 9.86. The van der Waals surface area contributed by atoms with Gasteiger partial charge in [-0.25, -0.2) is 13.4 Å². The number of benzene rings is 3. The predicted molar refractivity (Wildman–Crippen MR) is 299 cm³/mol. The van der Waals surface area contributed by atoms with Crippen molar-refractivity contribution >= 4 is 76.7 Å². The molecule has 10 rings (SSSR count). The summed E-state index contributed by atoms with van der Waals surface area (Å²) in [7, 11) is -2.49. The molecule has 5 aliphatic rings. The number of aliphatic imine (C=N–C) groups is 1. The number of carbonyl (C=O) groups is 4. The van der Waals surface area contributed by atoms with Crippen molar-refractivity contribution in [3.8, 4) is 5.00 Å². The Morgan fingerprint density at radius 3 is 2.31 bits per heavy atom. The summed E-state index contributed by atoms with van der Waals surface area (Å²) in [6.07, 6.45) is 9.01. The van der Waals surface area contributed by atoms with E-state index in [1.54, 1.807) is 17.4 Å². The lowest BCUT2D eigenvalue weighted by molar-refractivity contribution is -0.599. The van der Waals surface area contributed by atoms with Crippen LogP contribution in [0.3, 0.4) is 0 Å². The quantitative estimate of drug-likeness (QED) is 0.0371. The summed E-state index contributed by atoms with van der Waals surface area (Å²) >= 11 is 1.64. The van der Waals surface area contributed by atoms with E-state index >= 15 is 0 Å². The second-order valence-corrected chi connectivity index (χ2v) is 26.6. The minimum Gasteiger partial charge on any atom is -0.545 e. The number of carboxylic acids is 1. The topological polar surface area (TPSA) is 177 Å². The highest BCUT2D eigenvalue weighted by atomic mass is 32.1. The average Bonchev–Trinajstić information content (AvgIpc) is 3.87. The summed E-state index contributed by atoms with van der Waals surface area (Å²) in [6, 6.07) is 17.5. The number of nitrogens with zero attached hydrogens (tertiary/aromatic N) is 6. The number of thiophene rings is 1. The van der Waals surface area contributed by atoms with Crippen molar-refractivity contribution in [2.75, 3.05) is 49.5 Å². The number of aromatic nitrogens is 3. The first-order valence-corrected chi connectivity index (χ1v) is 30.3. The number of halogens is 2. The number of amides is 3. The van der Waals surface area contributed by atoms with Gasteiger partial charge in [-0.05, 0) is 127 Å². The highest BCUT2D eigenvalue weighted by Crippen LogP contribution is 2.45. The molecule has 6 heterocycles. The number of hydrogen-bond acceptors (Lipinski definition) is 10. The van der Waals surface area contributed by atoms with Gasteiger partial charge in [0.05, 0.1) is 30.7 Å². The van der Waals surface area contributed by atoms with Gasteiger partial charge in [-0.1, -0.05) is 63.7 Å². The fraction of sp³-hybridized carbons (Fsp3) is 0.356. The third kappa shape index (κ3) is 10.1. The van der Waals surface area contributed by atoms with Crippen LogP contribution < -0.4 is 31.1 Å². The number of aryl methyl sites for hydroxylation is 2. The number of carbonyl (C=O) groups excluding carboxylic acids is 4. The monoisotopic (exact) mass is 1080 g/mol. The molecule has 5 aromatic rings. The molecule has 4 aliphatic heterocycles. The van der Waals surface area contributed by atoms with Gasteiger partial charge in [-0.3, -0.25) is 23.9 Å². The van der Waals surface area contributed by atoms with Gasteiger partial charge in [0.25, 0.3) is 5.91 Å². The molecule has 3 N–H and O–H groups in total. The normalized spacial score (nSPS) is 18.6. The Hall–Kier alpha value is -7.44. The molecule has 3 amide bonds. The number of hydrogen-bond donors (Lipinski definition) is 3. The molecule has 2 saturated heterocycles. The molecule has 18 heteroatoms. The lowest BCUT2D eigenvalue weighted by Crippen LogP contribution is -2.52. The molecule has 0 bridgehead atoms. The van der Waals surface area contributed by atoms with E-state index in [1.807, 2.05) is 76.4 Å².